The van der Waals surface area contributed by atoms with Crippen LogP contribution in [0.25, 0.3) is 0 Å². The quantitative estimate of drug-likeness (QED) is 0.456. The van der Waals surface area contributed by atoms with Crippen molar-refractivity contribution in [2.75, 3.05) is 19.8 Å². The van der Waals surface area contributed by atoms with Crippen molar-refractivity contribution in [1.29, 1.82) is 0 Å². The lowest BCUT2D eigenvalue weighted by Gasteiger charge is -2.26. The molecule has 1 saturated heterocycles. The zero-order valence-corrected chi connectivity index (χ0v) is 18.9. The van der Waals surface area contributed by atoms with Crippen LogP contribution < -0.4 is 4.74 Å². The maximum Gasteiger partial charge on any atom is 0.254 e. The maximum absolute atomic E-state index is 13.3. The maximum atomic E-state index is 13.3. The van der Waals surface area contributed by atoms with E-state index in [1.807, 2.05) is 13.0 Å². The fraction of sp³-hybridized carbons (Fsp3) is 0.381. The lowest BCUT2D eigenvalue weighted by atomic mass is 10.1. The predicted octanol–water partition coefficient (Wildman–Crippen LogP) is 6.52. The molecule has 0 aliphatic carbocycles. The molecule has 1 aliphatic heterocycles. The van der Waals surface area contributed by atoms with Gasteiger partial charge in [0.2, 0.25) is 0 Å². The van der Waals surface area contributed by atoms with Gasteiger partial charge in [0.15, 0.2) is 5.75 Å². The summed E-state index contributed by atoms with van der Waals surface area (Å²) in [5, 5.41) is 1.64. The van der Waals surface area contributed by atoms with Crippen LogP contribution in [0.15, 0.2) is 30.3 Å². The van der Waals surface area contributed by atoms with E-state index in [0.29, 0.717) is 57.7 Å². The first kappa shape index (κ1) is 22.5. The van der Waals surface area contributed by atoms with Gasteiger partial charge in [0, 0.05) is 35.3 Å². The number of ether oxygens (including phenoxy) is 2. The van der Waals surface area contributed by atoms with Crippen LogP contribution in [0, 0.1) is 0 Å². The van der Waals surface area contributed by atoms with Gasteiger partial charge in [0.1, 0.15) is 0 Å². The topological polar surface area (TPSA) is 38.8 Å². The number of halogens is 4. The molecule has 0 radical (unpaired) electrons. The van der Waals surface area contributed by atoms with Gasteiger partial charge >= 0.3 is 0 Å². The molecular weight excluding hydrogens is 456 g/mol. The Morgan fingerprint density at radius 1 is 1.14 bits per heavy atom. The van der Waals surface area contributed by atoms with E-state index in [2.05, 4.69) is 0 Å². The smallest absolute Gasteiger partial charge is 0.254 e. The fourth-order valence-corrected chi connectivity index (χ4v) is 4.32. The van der Waals surface area contributed by atoms with Crippen LogP contribution in [0.5, 0.6) is 5.75 Å². The predicted molar refractivity (Wildman–Crippen MR) is 118 cm³/mol. The number of carbonyl (C=O) groups is 1. The molecule has 156 valence electrons. The van der Waals surface area contributed by atoms with Gasteiger partial charge in [0.25, 0.3) is 5.91 Å². The van der Waals surface area contributed by atoms with Crippen LogP contribution in [0.4, 0.5) is 0 Å². The molecule has 1 atom stereocenters. The number of nitrogens with zero attached hydrogens (tertiary/aromatic N) is 1. The zero-order valence-electron chi connectivity index (χ0n) is 15.9. The number of rotatable bonds is 7. The molecule has 1 heterocycles. The minimum Gasteiger partial charge on any atom is -0.491 e. The highest BCUT2D eigenvalue weighted by atomic mass is 35.5. The first-order chi connectivity index (χ1) is 13.9. The molecular formula is C21H21Cl4NO3. The third-order valence-corrected chi connectivity index (χ3v) is 5.79. The van der Waals surface area contributed by atoms with Crippen LogP contribution in [-0.2, 0) is 11.3 Å². The van der Waals surface area contributed by atoms with Gasteiger partial charge in [-0.3, -0.25) is 4.79 Å². The van der Waals surface area contributed by atoms with Crippen molar-refractivity contribution in [3.8, 4) is 5.75 Å². The average Bonchev–Trinajstić information content (AvgIpc) is 3.18. The van der Waals surface area contributed by atoms with Crippen molar-refractivity contribution < 1.29 is 14.3 Å². The van der Waals surface area contributed by atoms with Crippen LogP contribution in [-0.4, -0.2) is 36.7 Å². The van der Waals surface area contributed by atoms with E-state index in [0.717, 1.165) is 18.4 Å². The lowest BCUT2D eigenvalue weighted by Crippen LogP contribution is -2.37. The number of benzene rings is 2. The fourth-order valence-electron chi connectivity index (χ4n) is 3.26. The highest BCUT2D eigenvalue weighted by Crippen LogP contribution is 2.35. The molecule has 1 amide bonds. The van der Waals surface area contributed by atoms with E-state index < -0.39 is 0 Å². The molecule has 1 unspecified atom stereocenters. The number of hydrogen-bond donors (Lipinski definition) is 0. The summed E-state index contributed by atoms with van der Waals surface area (Å²) in [5.41, 5.74) is 1.18. The van der Waals surface area contributed by atoms with Crippen LogP contribution in [0.2, 0.25) is 20.1 Å². The Morgan fingerprint density at radius 2 is 1.86 bits per heavy atom. The largest absolute Gasteiger partial charge is 0.491 e. The molecule has 0 spiro atoms. The lowest BCUT2D eigenvalue weighted by molar-refractivity contribution is 0.0507. The zero-order chi connectivity index (χ0) is 21.0. The molecule has 2 aromatic rings. The Morgan fingerprint density at radius 3 is 2.45 bits per heavy atom. The van der Waals surface area contributed by atoms with Gasteiger partial charge in [0.05, 0.1) is 22.8 Å². The average molecular weight is 477 g/mol. The van der Waals surface area contributed by atoms with Crippen LogP contribution >= 0.6 is 46.4 Å². The highest BCUT2D eigenvalue weighted by Gasteiger charge is 2.25. The summed E-state index contributed by atoms with van der Waals surface area (Å²) in [4.78, 5) is 15.0. The van der Waals surface area contributed by atoms with E-state index in [1.165, 1.54) is 0 Å². The standard InChI is InChI=1S/C21H21Cl4NO3/c1-2-28-20-18(24)8-14(9-19(20)25)21(27)26(12-16-4-3-7-29-16)11-13-5-6-15(22)10-17(13)23/h5-6,8-10,16H,2-4,7,11-12H2,1H3. The summed E-state index contributed by atoms with van der Waals surface area (Å²) in [6, 6.07) is 8.39. The number of carbonyl (C=O) groups excluding carboxylic acids is 1. The summed E-state index contributed by atoms with van der Waals surface area (Å²) in [7, 11) is 0. The normalized spacial score (nSPS) is 16.1. The summed E-state index contributed by atoms with van der Waals surface area (Å²) in [5.74, 6) is 0.164. The van der Waals surface area contributed by atoms with E-state index in [1.54, 1.807) is 29.2 Å². The van der Waals surface area contributed by atoms with Gasteiger partial charge in [-0.2, -0.15) is 0 Å². The van der Waals surface area contributed by atoms with Crippen LogP contribution in [0.3, 0.4) is 0 Å². The van der Waals surface area contributed by atoms with E-state index >= 15 is 0 Å². The summed E-state index contributed by atoms with van der Waals surface area (Å²) >= 11 is 24.9. The Bertz CT molecular complexity index is 861. The van der Waals surface area contributed by atoms with Crippen molar-refractivity contribution in [2.45, 2.75) is 32.4 Å². The molecule has 0 saturated carbocycles. The Labute approximate surface area is 190 Å². The molecule has 0 N–H and O–H groups in total. The van der Waals surface area contributed by atoms with Gasteiger partial charge in [-0.15, -0.1) is 0 Å². The van der Waals surface area contributed by atoms with E-state index in [-0.39, 0.29) is 12.0 Å². The van der Waals surface area contributed by atoms with Crippen molar-refractivity contribution in [2.24, 2.45) is 0 Å². The van der Waals surface area contributed by atoms with Crippen molar-refractivity contribution >= 4 is 52.3 Å². The number of amides is 1. The highest BCUT2D eigenvalue weighted by molar-refractivity contribution is 6.37. The summed E-state index contributed by atoms with van der Waals surface area (Å²) in [6.07, 6.45) is 1.87. The minimum atomic E-state index is -0.210. The third kappa shape index (κ3) is 5.71. The molecule has 0 aromatic heterocycles. The van der Waals surface area contributed by atoms with Crippen molar-refractivity contribution in [3.63, 3.8) is 0 Å². The Kier molecular flexibility index (Phi) is 7.94. The minimum absolute atomic E-state index is 0.0151. The summed E-state index contributed by atoms with van der Waals surface area (Å²) < 4.78 is 11.2. The van der Waals surface area contributed by atoms with Crippen LogP contribution in [0.1, 0.15) is 35.7 Å². The molecule has 1 aliphatic rings. The van der Waals surface area contributed by atoms with Gasteiger partial charge in [-0.05, 0) is 49.6 Å². The summed E-state index contributed by atoms with van der Waals surface area (Å²) in [6.45, 7) is 3.73. The van der Waals surface area contributed by atoms with Gasteiger partial charge < -0.3 is 14.4 Å². The molecule has 4 nitrogen and oxygen atoms in total. The third-order valence-electron chi connectivity index (χ3n) is 4.65. The Hall–Kier alpha value is -1.17. The van der Waals surface area contributed by atoms with Gasteiger partial charge in [-0.1, -0.05) is 52.5 Å². The van der Waals surface area contributed by atoms with E-state index in [9.17, 15) is 4.79 Å². The first-order valence-electron chi connectivity index (χ1n) is 9.35. The molecule has 8 heteroatoms. The molecule has 29 heavy (non-hydrogen) atoms. The monoisotopic (exact) mass is 475 g/mol. The number of hydrogen-bond acceptors (Lipinski definition) is 3. The second kappa shape index (κ2) is 10.2. The van der Waals surface area contributed by atoms with Gasteiger partial charge in [-0.25, -0.2) is 0 Å². The second-order valence-corrected chi connectivity index (χ2v) is 8.42. The molecule has 1 fully saturated rings. The molecule has 2 aromatic carbocycles. The van der Waals surface area contributed by atoms with Crippen molar-refractivity contribution in [1.82, 2.24) is 4.90 Å². The second-order valence-electron chi connectivity index (χ2n) is 6.76. The molecule has 0 bridgehead atoms. The van der Waals surface area contributed by atoms with E-state index in [4.69, 9.17) is 55.9 Å². The Balaban J connectivity index is 1.89. The molecule has 3 rings (SSSR count). The first-order valence-corrected chi connectivity index (χ1v) is 10.9. The SMILES string of the molecule is CCOc1c(Cl)cc(C(=O)N(Cc2ccc(Cl)cc2Cl)CC2CCCO2)cc1Cl. The van der Waals surface area contributed by atoms with Crippen molar-refractivity contribution in [3.05, 3.63) is 61.5 Å².